The average Bonchev–Trinajstić information content (AvgIpc) is 2.89. The SMILES string of the molecule is C=C(/C=C(\N=C(C)C(C)CC)Oc1cc(C#N)ccc1C(/N=C/C(=C\C)CN)=C(\C)CC)C(C)CC. The Bertz CT molecular complexity index is 1100. The molecule has 0 aromatic heterocycles. The fourth-order valence-corrected chi connectivity index (χ4v) is 3.18. The molecule has 2 unspecified atom stereocenters. The maximum absolute atomic E-state index is 9.60. The maximum atomic E-state index is 9.60. The first kappa shape index (κ1) is 30.8. The van der Waals surface area contributed by atoms with E-state index in [0.29, 0.717) is 35.6 Å². The van der Waals surface area contributed by atoms with Gasteiger partial charge in [0.2, 0.25) is 5.88 Å². The van der Waals surface area contributed by atoms with Gasteiger partial charge in [-0.1, -0.05) is 47.3 Å². The number of hydrogen-bond donors (Lipinski definition) is 1. The first-order valence-corrected chi connectivity index (χ1v) is 12.9. The zero-order valence-electron chi connectivity index (χ0n) is 23.5. The smallest absolute Gasteiger partial charge is 0.219 e. The highest BCUT2D eigenvalue weighted by molar-refractivity contribution is 5.87. The van der Waals surface area contributed by atoms with Crippen LogP contribution in [0.15, 0.2) is 69.5 Å². The van der Waals surface area contributed by atoms with Gasteiger partial charge in [-0.2, -0.15) is 5.26 Å². The zero-order chi connectivity index (χ0) is 27.3. The third-order valence-corrected chi connectivity index (χ3v) is 6.65. The monoisotopic (exact) mass is 488 g/mol. The third-order valence-electron chi connectivity index (χ3n) is 6.65. The van der Waals surface area contributed by atoms with Crippen LogP contribution in [0.4, 0.5) is 0 Å². The molecule has 2 atom stereocenters. The van der Waals surface area contributed by atoms with Crippen molar-refractivity contribution in [3.05, 3.63) is 70.7 Å². The van der Waals surface area contributed by atoms with Crippen molar-refractivity contribution in [2.45, 2.75) is 74.7 Å². The number of nitrogens with zero attached hydrogens (tertiary/aromatic N) is 3. The van der Waals surface area contributed by atoms with E-state index in [-0.39, 0.29) is 0 Å². The van der Waals surface area contributed by atoms with E-state index in [9.17, 15) is 5.26 Å². The van der Waals surface area contributed by atoms with Crippen LogP contribution in [0, 0.1) is 23.2 Å². The Hall–Kier alpha value is -3.23. The van der Waals surface area contributed by atoms with Gasteiger partial charge in [-0.3, -0.25) is 4.99 Å². The predicted octanol–water partition coefficient (Wildman–Crippen LogP) is 8.00. The van der Waals surface area contributed by atoms with E-state index in [1.54, 1.807) is 18.3 Å². The molecular formula is C31H44N4O. The van der Waals surface area contributed by atoms with Crippen LogP contribution in [0.5, 0.6) is 5.75 Å². The van der Waals surface area contributed by atoms with Crippen molar-refractivity contribution < 1.29 is 4.74 Å². The maximum Gasteiger partial charge on any atom is 0.219 e. The molecule has 0 radical (unpaired) electrons. The van der Waals surface area contributed by atoms with E-state index in [1.165, 1.54) is 0 Å². The normalized spacial score (nSPS) is 15.4. The summed E-state index contributed by atoms with van der Waals surface area (Å²) in [5, 5.41) is 9.60. The topological polar surface area (TPSA) is 83.8 Å². The van der Waals surface area contributed by atoms with Crippen LogP contribution in [0.3, 0.4) is 0 Å². The summed E-state index contributed by atoms with van der Waals surface area (Å²) in [4.78, 5) is 9.66. The molecule has 194 valence electrons. The van der Waals surface area contributed by atoms with Crippen LogP contribution in [0.1, 0.15) is 85.8 Å². The summed E-state index contributed by atoms with van der Waals surface area (Å²) in [6, 6.07) is 7.65. The van der Waals surface area contributed by atoms with Crippen molar-refractivity contribution in [2.75, 3.05) is 6.54 Å². The summed E-state index contributed by atoms with van der Waals surface area (Å²) in [5.41, 5.74) is 11.9. The lowest BCUT2D eigenvalue weighted by molar-refractivity contribution is 0.417. The Morgan fingerprint density at radius 1 is 1.17 bits per heavy atom. The van der Waals surface area contributed by atoms with E-state index >= 15 is 0 Å². The average molecular weight is 489 g/mol. The van der Waals surface area contributed by atoms with E-state index in [2.05, 4.69) is 54.2 Å². The van der Waals surface area contributed by atoms with Crippen LogP contribution in [0.25, 0.3) is 5.70 Å². The second-order valence-corrected chi connectivity index (χ2v) is 9.16. The number of ether oxygens (including phenoxy) is 1. The van der Waals surface area contributed by atoms with Gasteiger partial charge >= 0.3 is 0 Å². The molecule has 1 rings (SSSR count). The molecule has 0 aliphatic carbocycles. The van der Waals surface area contributed by atoms with E-state index in [0.717, 1.165) is 53.0 Å². The molecule has 0 saturated carbocycles. The molecule has 0 saturated heterocycles. The van der Waals surface area contributed by atoms with Gasteiger partial charge in [-0.15, -0.1) is 0 Å². The zero-order valence-corrected chi connectivity index (χ0v) is 23.5. The van der Waals surface area contributed by atoms with Gasteiger partial charge in [0.05, 0.1) is 17.3 Å². The lowest BCUT2D eigenvalue weighted by atomic mass is 10.00. The Balaban J connectivity index is 3.78. The number of nitriles is 1. The van der Waals surface area contributed by atoms with Crippen molar-refractivity contribution in [2.24, 2.45) is 27.6 Å². The number of rotatable bonds is 13. The molecule has 1 aromatic rings. The first-order valence-electron chi connectivity index (χ1n) is 12.9. The standard InChI is InChI=1S/C31H44N4O/c1-10-21(5)24(8)16-30(35-25(9)22(6)11-2)36-29-17-27(19-33)14-15-28(29)31(23(7)12-3)34-20-26(13-4)18-32/h13-17,20-22H,8,10-12,18,32H2,1-7,9H3/b26-13-,30-16+,31-23-,34-20+,35-25?. The van der Waals surface area contributed by atoms with Crippen LogP contribution in [0.2, 0.25) is 0 Å². The lowest BCUT2D eigenvalue weighted by Gasteiger charge is -2.17. The molecule has 0 aliphatic rings. The molecule has 0 spiro atoms. The molecule has 0 heterocycles. The molecule has 5 heteroatoms. The molecule has 0 aliphatic heterocycles. The second kappa shape index (κ2) is 15.7. The van der Waals surface area contributed by atoms with Crippen molar-refractivity contribution in [3.8, 4) is 11.8 Å². The van der Waals surface area contributed by atoms with Gasteiger partial charge in [0.15, 0.2) is 0 Å². The lowest BCUT2D eigenvalue weighted by Crippen LogP contribution is -2.09. The predicted molar refractivity (Wildman–Crippen MR) is 155 cm³/mol. The van der Waals surface area contributed by atoms with Gasteiger partial charge in [0.1, 0.15) is 5.75 Å². The minimum atomic E-state index is 0.297. The van der Waals surface area contributed by atoms with Gasteiger partial charge in [0, 0.05) is 30.1 Å². The van der Waals surface area contributed by atoms with Crippen LogP contribution < -0.4 is 10.5 Å². The Labute approximate surface area is 218 Å². The van der Waals surface area contributed by atoms with E-state index < -0.39 is 0 Å². The van der Waals surface area contributed by atoms with E-state index in [1.807, 2.05) is 32.1 Å². The molecular weight excluding hydrogens is 444 g/mol. The number of benzene rings is 1. The fourth-order valence-electron chi connectivity index (χ4n) is 3.18. The second-order valence-electron chi connectivity index (χ2n) is 9.16. The minimum absolute atomic E-state index is 0.297. The van der Waals surface area contributed by atoms with Crippen molar-refractivity contribution in [1.82, 2.24) is 0 Å². The van der Waals surface area contributed by atoms with Gasteiger partial charge in [-0.25, -0.2) is 4.99 Å². The molecule has 2 N–H and O–H groups in total. The largest absolute Gasteiger partial charge is 0.438 e. The summed E-state index contributed by atoms with van der Waals surface area (Å²) >= 11 is 0. The quantitative estimate of drug-likeness (QED) is 0.173. The van der Waals surface area contributed by atoms with Crippen LogP contribution in [-0.4, -0.2) is 18.5 Å². The number of allylic oxidation sites excluding steroid dienone is 4. The van der Waals surface area contributed by atoms with Crippen LogP contribution in [-0.2, 0) is 0 Å². The summed E-state index contributed by atoms with van der Waals surface area (Å²) < 4.78 is 6.47. The van der Waals surface area contributed by atoms with Gasteiger partial charge in [0.25, 0.3) is 0 Å². The third kappa shape index (κ3) is 9.09. The molecule has 36 heavy (non-hydrogen) atoms. The Morgan fingerprint density at radius 3 is 2.36 bits per heavy atom. The number of hydrogen-bond acceptors (Lipinski definition) is 5. The fraction of sp³-hybridized carbons (Fsp3) is 0.452. The Morgan fingerprint density at radius 2 is 1.83 bits per heavy atom. The molecule has 5 nitrogen and oxygen atoms in total. The molecule has 0 fully saturated rings. The van der Waals surface area contributed by atoms with E-state index in [4.69, 9.17) is 20.5 Å². The summed E-state index contributed by atoms with van der Waals surface area (Å²) in [7, 11) is 0. The Kier molecular flexibility index (Phi) is 13.4. The van der Waals surface area contributed by atoms with Crippen molar-refractivity contribution >= 4 is 17.6 Å². The summed E-state index contributed by atoms with van der Waals surface area (Å²) in [6.07, 6.45) is 8.43. The highest BCUT2D eigenvalue weighted by atomic mass is 16.5. The number of aliphatic imine (C=N–C) groups is 2. The minimum Gasteiger partial charge on any atom is -0.438 e. The van der Waals surface area contributed by atoms with Crippen molar-refractivity contribution in [1.29, 1.82) is 5.26 Å². The molecule has 0 bridgehead atoms. The highest BCUT2D eigenvalue weighted by Crippen LogP contribution is 2.33. The van der Waals surface area contributed by atoms with Crippen molar-refractivity contribution in [3.63, 3.8) is 0 Å². The molecule has 1 aromatic carbocycles. The summed E-state index contributed by atoms with van der Waals surface area (Å²) in [5.74, 6) is 1.61. The first-order chi connectivity index (χ1) is 17.1. The van der Waals surface area contributed by atoms with Gasteiger partial charge in [-0.05, 0) is 86.8 Å². The highest BCUT2D eigenvalue weighted by Gasteiger charge is 2.16. The molecule has 0 amide bonds. The van der Waals surface area contributed by atoms with Crippen LogP contribution >= 0.6 is 0 Å². The summed E-state index contributed by atoms with van der Waals surface area (Å²) in [6.45, 7) is 21.3. The number of nitrogens with two attached hydrogens (primary N) is 1. The van der Waals surface area contributed by atoms with Gasteiger partial charge < -0.3 is 10.5 Å².